The van der Waals surface area contributed by atoms with Gasteiger partial charge in [0.25, 0.3) is 0 Å². The second-order valence-corrected chi connectivity index (χ2v) is 4.77. The summed E-state index contributed by atoms with van der Waals surface area (Å²) in [6, 6.07) is 2.53. The first-order valence-electron chi connectivity index (χ1n) is 6.67. The van der Waals surface area contributed by atoms with Crippen LogP contribution in [0.4, 0.5) is 5.69 Å². The molecule has 2 heterocycles. The monoisotopic (exact) mass is 234 g/mol. The van der Waals surface area contributed by atoms with Gasteiger partial charge in [-0.2, -0.15) is 0 Å². The Labute approximate surface area is 103 Å². The van der Waals surface area contributed by atoms with Crippen molar-refractivity contribution in [3.05, 3.63) is 24.0 Å². The average molecular weight is 234 g/mol. The molecule has 2 rings (SSSR count). The molecule has 1 fully saturated rings. The molecule has 1 atom stereocenters. The first kappa shape index (κ1) is 12.4. The van der Waals surface area contributed by atoms with E-state index in [9.17, 15) is 5.11 Å². The van der Waals surface area contributed by atoms with Crippen molar-refractivity contribution < 1.29 is 5.11 Å². The van der Waals surface area contributed by atoms with Crippen molar-refractivity contribution in [1.29, 1.82) is 0 Å². The fourth-order valence-corrected chi connectivity index (χ4v) is 2.73. The highest BCUT2D eigenvalue weighted by atomic mass is 16.3. The van der Waals surface area contributed by atoms with Crippen LogP contribution in [0.2, 0.25) is 0 Å². The van der Waals surface area contributed by atoms with Gasteiger partial charge in [0.2, 0.25) is 0 Å². The number of anilines is 1. The summed E-state index contributed by atoms with van der Waals surface area (Å²) in [6.07, 6.45) is 9.98. The molecule has 0 amide bonds. The highest BCUT2D eigenvalue weighted by molar-refractivity contribution is 5.52. The summed E-state index contributed by atoms with van der Waals surface area (Å²) in [6.45, 7) is 3.44. The molecule has 3 nitrogen and oxygen atoms in total. The molecule has 0 bridgehead atoms. The lowest BCUT2D eigenvalue weighted by atomic mass is 10.1. The lowest BCUT2D eigenvalue weighted by Gasteiger charge is -2.32. The van der Waals surface area contributed by atoms with Gasteiger partial charge in [-0.1, -0.05) is 19.8 Å². The van der Waals surface area contributed by atoms with Crippen LogP contribution in [0.15, 0.2) is 18.5 Å². The van der Waals surface area contributed by atoms with Gasteiger partial charge >= 0.3 is 0 Å². The molecule has 94 valence electrons. The maximum atomic E-state index is 9.42. The zero-order chi connectivity index (χ0) is 12.1. The van der Waals surface area contributed by atoms with Crippen LogP contribution in [-0.4, -0.2) is 22.7 Å². The molecular weight excluding hydrogens is 212 g/mol. The summed E-state index contributed by atoms with van der Waals surface area (Å²) in [7, 11) is 0. The summed E-state index contributed by atoms with van der Waals surface area (Å²) in [5, 5.41) is 9.42. The van der Waals surface area contributed by atoms with Crippen LogP contribution in [0.3, 0.4) is 0 Å². The van der Waals surface area contributed by atoms with E-state index in [-0.39, 0.29) is 6.61 Å². The lowest BCUT2D eigenvalue weighted by molar-refractivity contribution is 0.281. The fourth-order valence-electron chi connectivity index (χ4n) is 2.73. The quantitative estimate of drug-likeness (QED) is 0.873. The molecule has 1 saturated heterocycles. The van der Waals surface area contributed by atoms with Crippen LogP contribution in [-0.2, 0) is 6.61 Å². The minimum absolute atomic E-state index is 0.102. The fraction of sp³-hybridized carbons (Fsp3) is 0.643. The van der Waals surface area contributed by atoms with E-state index in [0.29, 0.717) is 6.04 Å². The normalized spacial score (nSPS) is 21.3. The van der Waals surface area contributed by atoms with E-state index in [4.69, 9.17) is 0 Å². The molecule has 17 heavy (non-hydrogen) atoms. The third-order valence-electron chi connectivity index (χ3n) is 3.72. The molecule has 0 aliphatic carbocycles. The molecule has 1 aliphatic heterocycles. The van der Waals surface area contributed by atoms with Gasteiger partial charge in [0, 0.05) is 24.3 Å². The van der Waals surface area contributed by atoms with Gasteiger partial charge in [-0.3, -0.25) is 4.98 Å². The Kier molecular flexibility index (Phi) is 4.37. The SMILES string of the molecule is CCC1CCCCCN1c1cnccc1CO. The number of nitrogens with zero attached hydrogens (tertiary/aromatic N) is 2. The lowest BCUT2D eigenvalue weighted by Crippen LogP contribution is -2.35. The van der Waals surface area contributed by atoms with E-state index < -0.39 is 0 Å². The first-order chi connectivity index (χ1) is 8.36. The second kappa shape index (κ2) is 6.01. The Balaban J connectivity index is 2.28. The van der Waals surface area contributed by atoms with E-state index in [0.717, 1.165) is 17.8 Å². The summed E-state index contributed by atoms with van der Waals surface area (Å²) in [4.78, 5) is 6.67. The van der Waals surface area contributed by atoms with Crippen molar-refractivity contribution in [2.75, 3.05) is 11.4 Å². The van der Waals surface area contributed by atoms with Gasteiger partial charge < -0.3 is 10.0 Å². The predicted octanol–water partition coefficient (Wildman–Crippen LogP) is 2.73. The summed E-state index contributed by atoms with van der Waals surface area (Å²) < 4.78 is 0. The van der Waals surface area contributed by atoms with E-state index in [2.05, 4.69) is 16.8 Å². The van der Waals surface area contributed by atoms with Crippen LogP contribution in [0.25, 0.3) is 0 Å². The van der Waals surface area contributed by atoms with E-state index in [1.807, 2.05) is 12.3 Å². The highest BCUT2D eigenvalue weighted by Gasteiger charge is 2.21. The van der Waals surface area contributed by atoms with Crippen LogP contribution in [0.1, 0.15) is 44.6 Å². The molecule has 0 spiro atoms. The Bertz CT molecular complexity index is 354. The third kappa shape index (κ3) is 2.78. The minimum Gasteiger partial charge on any atom is -0.392 e. The molecule has 1 unspecified atom stereocenters. The summed E-state index contributed by atoms with van der Waals surface area (Å²) in [5.74, 6) is 0. The number of aliphatic hydroxyl groups excluding tert-OH is 1. The zero-order valence-electron chi connectivity index (χ0n) is 10.6. The van der Waals surface area contributed by atoms with Crippen molar-refractivity contribution in [2.24, 2.45) is 0 Å². The van der Waals surface area contributed by atoms with Crippen molar-refractivity contribution in [3.8, 4) is 0 Å². The topological polar surface area (TPSA) is 36.4 Å². The number of pyridine rings is 1. The zero-order valence-corrected chi connectivity index (χ0v) is 10.6. The molecular formula is C14H22N2O. The third-order valence-corrected chi connectivity index (χ3v) is 3.72. The molecule has 0 aromatic carbocycles. The van der Waals surface area contributed by atoms with Crippen LogP contribution in [0.5, 0.6) is 0 Å². The van der Waals surface area contributed by atoms with Gasteiger partial charge in [-0.05, 0) is 25.3 Å². The van der Waals surface area contributed by atoms with Gasteiger partial charge in [0.15, 0.2) is 0 Å². The molecule has 1 aromatic heterocycles. The van der Waals surface area contributed by atoms with Crippen molar-refractivity contribution in [1.82, 2.24) is 4.98 Å². The van der Waals surface area contributed by atoms with Crippen LogP contribution >= 0.6 is 0 Å². The minimum atomic E-state index is 0.102. The molecule has 1 aromatic rings. The standard InChI is InChI=1S/C14H22N2O/c1-2-13-6-4-3-5-9-16(13)14-10-15-8-7-12(14)11-17/h7-8,10,13,17H,2-6,9,11H2,1H3. The van der Waals surface area contributed by atoms with Crippen molar-refractivity contribution >= 4 is 5.69 Å². The van der Waals surface area contributed by atoms with Gasteiger partial charge in [-0.25, -0.2) is 0 Å². The van der Waals surface area contributed by atoms with Gasteiger partial charge in [0.1, 0.15) is 0 Å². The molecule has 3 heteroatoms. The van der Waals surface area contributed by atoms with Gasteiger partial charge in [0.05, 0.1) is 18.5 Å². The Morgan fingerprint density at radius 3 is 3.06 bits per heavy atom. The molecule has 0 saturated carbocycles. The Morgan fingerprint density at radius 1 is 1.41 bits per heavy atom. The average Bonchev–Trinajstić information content (AvgIpc) is 2.63. The number of hydrogen-bond acceptors (Lipinski definition) is 3. The smallest absolute Gasteiger partial charge is 0.0703 e. The van der Waals surface area contributed by atoms with E-state index in [1.165, 1.54) is 32.1 Å². The number of hydrogen-bond donors (Lipinski definition) is 1. The van der Waals surface area contributed by atoms with Crippen LogP contribution < -0.4 is 4.90 Å². The summed E-state index contributed by atoms with van der Waals surface area (Å²) in [5.41, 5.74) is 2.13. The Hall–Kier alpha value is -1.09. The van der Waals surface area contributed by atoms with E-state index in [1.54, 1.807) is 6.20 Å². The van der Waals surface area contributed by atoms with E-state index >= 15 is 0 Å². The highest BCUT2D eigenvalue weighted by Crippen LogP contribution is 2.28. The molecule has 0 radical (unpaired) electrons. The largest absolute Gasteiger partial charge is 0.392 e. The van der Waals surface area contributed by atoms with Gasteiger partial charge in [-0.15, -0.1) is 0 Å². The Morgan fingerprint density at radius 2 is 2.29 bits per heavy atom. The first-order valence-corrected chi connectivity index (χ1v) is 6.67. The maximum absolute atomic E-state index is 9.42. The van der Waals surface area contributed by atoms with Crippen molar-refractivity contribution in [3.63, 3.8) is 0 Å². The van der Waals surface area contributed by atoms with Crippen LogP contribution in [0, 0.1) is 0 Å². The summed E-state index contributed by atoms with van der Waals surface area (Å²) >= 11 is 0. The number of rotatable bonds is 3. The molecule has 1 aliphatic rings. The van der Waals surface area contributed by atoms with Crippen molar-refractivity contribution in [2.45, 2.75) is 51.7 Å². The second-order valence-electron chi connectivity index (χ2n) is 4.77. The predicted molar refractivity (Wildman–Crippen MR) is 70.1 cm³/mol. The number of aliphatic hydroxyl groups is 1. The number of aromatic nitrogens is 1. The maximum Gasteiger partial charge on any atom is 0.0703 e. The molecule has 1 N–H and O–H groups in total.